The molecule has 1 unspecified atom stereocenters. The highest BCUT2D eigenvalue weighted by Crippen LogP contribution is 2.18. The van der Waals surface area contributed by atoms with E-state index in [0.717, 1.165) is 12.1 Å². The van der Waals surface area contributed by atoms with Gasteiger partial charge in [0.25, 0.3) is 0 Å². The summed E-state index contributed by atoms with van der Waals surface area (Å²) < 4.78 is 26.2. The third kappa shape index (κ3) is 3.92. The van der Waals surface area contributed by atoms with Gasteiger partial charge in [0, 0.05) is 23.7 Å². The Labute approximate surface area is 104 Å². The van der Waals surface area contributed by atoms with E-state index in [2.05, 4.69) is 5.32 Å². The van der Waals surface area contributed by atoms with Crippen molar-refractivity contribution in [2.24, 2.45) is 0 Å². The smallest absolute Gasteiger partial charge is 0.244 e. The minimum Gasteiger partial charge on any atom is -0.394 e. The molecule has 0 saturated carbocycles. The van der Waals surface area contributed by atoms with Gasteiger partial charge in [0.1, 0.15) is 11.6 Å². The molecule has 0 fully saturated rings. The molecule has 0 aliphatic carbocycles. The first-order valence-electron chi connectivity index (χ1n) is 5.49. The number of allylic oxidation sites excluding steroid dienone is 1. The van der Waals surface area contributed by atoms with Crippen LogP contribution in [0.2, 0.25) is 0 Å². The summed E-state index contributed by atoms with van der Waals surface area (Å²) in [5.74, 6) is -1.81. The molecule has 0 bridgehead atoms. The van der Waals surface area contributed by atoms with Crippen molar-refractivity contribution in [2.45, 2.75) is 19.9 Å². The molecule has 0 saturated heterocycles. The molecule has 1 atom stereocenters. The lowest BCUT2D eigenvalue weighted by Gasteiger charge is -2.09. The van der Waals surface area contributed by atoms with E-state index < -0.39 is 17.5 Å². The van der Waals surface area contributed by atoms with E-state index in [-0.39, 0.29) is 18.2 Å². The number of rotatable bonds is 4. The zero-order valence-corrected chi connectivity index (χ0v) is 10.2. The van der Waals surface area contributed by atoms with Crippen LogP contribution in [0, 0.1) is 11.6 Å². The molecule has 18 heavy (non-hydrogen) atoms. The summed E-state index contributed by atoms with van der Waals surface area (Å²) in [6, 6.07) is 2.80. The Kier molecular flexibility index (Phi) is 4.97. The fourth-order valence-electron chi connectivity index (χ4n) is 1.41. The molecule has 0 aliphatic heterocycles. The molecule has 1 amide bonds. The van der Waals surface area contributed by atoms with Crippen molar-refractivity contribution in [3.05, 3.63) is 41.5 Å². The van der Waals surface area contributed by atoms with Gasteiger partial charge >= 0.3 is 0 Å². The van der Waals surface area contributed by atoms with Crippen molar-refractivity contribution in [2.75, 3.05) is 6.61 Å². The molecule has 0 radical (unpaired) electrons. The zero-order valence-electron chi connectivity index (χ0n) is 10.2. The molecule has 2 N–H and O–H groups in total. The Bertz CT molecular complexity index is 472. The first kappa shape index (κ1) is 14.3. The van der Waals surface area contributed by atoms with Crippen molar-refractivity contribution < 1.29 is 18.7 Å². The first-order valence-corrected chi connectivity index (χ1v) is 5.49. The zero-order chi connectivity index (χ0) is 13.7. The topological polar surface area (TPSA) is 49.3 Å². The Morgan fingerprint density at radius 3 is 2.72 bits per heavy atom. The van der Waals surface area contributed by atoms with Crippen LogP contribution in [-0.4, -0.2) is 23.7 Å². The number of hydrogen-bond donors (Lipinski definition) is 2. The molecule has 1 rings (SSSR count). The summed E-state index contributed by atoms with van der Waals surface area (Å²) in [7, 11) is 0. The van der Waals surface area contributed by atoms with Crippen molar-refractivity contribution in [3.63, 3.8) is 0 Å². The number of benzene rings is 1. The molecule has 5 heteroatoms. The van der Waals surface area contributed by atoms with Gasteiger partial charge in [0.15, 0.2) is 0 Å². The van der Waals surface area contributed by atoms with Crippen LogP contribution in [0.4, 0.5) is 8.78 Å². The van der Waals surface area contributed by atoms with E-state index in [9.17, 15) is 13.6 Å². The first-order chi connectivity index (χ1) is 8.43. The summed E-state index contributed by atoms with van der Waals surface area (Å²) in [5, 5.41) is 11.3. The lowest BCUT2D eigenvalue weighted by Crippen LogP contribution is -2.33. The number of aliphatic hydroxyl groups is 1. The van der Waals surface area contributed by atoms with Gasteiger partial charge in [0.2, 0.25) is 5.91 Å². The molecule has 1 aromatic carbocycles. The number of nitrogens with one attached hydrogen (secondary N) is 1. The van der Waals surface area contributed by atoms with E-state index >= 15 is 0 Å². The number of amides is 1. The lowest BCUT2D eigenvalue weighted by atomic mass is 10.1. The Balaban J connectivity index is 2.86. The summed E-state index contributed by atoms with van der Waals surface area (Å²) in [6.07, 6.45) is 1.21. The molecular formula is C13H15F2NO2. The molecule has 3 nitrogen and oxygen atoms in total. The standard InChI is InChI=1S/C13H15F2NO2/c1-8(5-13(18)16-9(2)7-17)11-4-3-10(14)6-12(11)15/h3-6,9,17H,7H2,1-2H3,(H,16,18)/b8-5-. The largest absolute Gasteiger partial charge is 0.394 e. The average molecular weight is 255 g/mol. The van der Waals surface area contributed by atoms with Gasteiger partial charge in [-0.15, -0.1) is 0 Å². The monoisotopic (exact) mass is 255 g/mol. The molecule has 1 aromatic rings. The third-order valence-electron chi connectivity index (χ3n) is 2.37. The van der Waals surface area contributed by atoms with Crippen LogP contribution in [0.15, 0.2) is 24.3 Å². The SMILES string of the molecule is C/C(=C/C(=O)NC(C)CO)c1ccc(F)cc1F. The summed E-state index contributed by atoms with van der Waals surface area (Å²) in [4.78, 5) is 11.5. The fourth-order valence-corrected chi connectivity index (χ4v) is 1.41. The van der Waals surface area contributed by atoms with Gasteiger partial charge in [-0.25, -0.2) is 8.78 Å². The van der Waals surface area contributed by atoms with Gasteiger partial charge in [0.05, 0.1) is 6.61 Å². The van der Waals surface area contributed by atoms with E-state index in [1.54, 1.807) is 13.8 Å². The second-order valence-corrected chi connectivity index (χ2v) is 4.04. The quantitative estimate of drug-likeness (QED) is 0.807. The van der Waals surface area contributed by atoms with Crippen molar-refractivity contribution >= 4 is 11.5 Å². The molecule has 0 aliphatic rings. The molecule has 0 spiro atoms. The van der Waals surface area contributed by atoms with Gasteiger partial charge in [-0.2, -0.15) is 0 Å². The van der Waals surface area contributed by atoms with Gasteiger partial charge in [-0.3, -0.25) is 4.79 Å². The number of aliphatic hydroxyl groups excluding tert-OH is 1. The number of halogens is 2. The summed E-state index contributed by atoms with van der Waals surface area (Å²) in [5.41, 5.74) is 0.554. The van der Waals surface area contributed by atoms with Crippen LogP contribution in [0.3, 0.4) is 0 Å². The van der Waals surface area contributed by atoms with Crippen LogP contribution in [0.1, 0.15) is 19.4 Å². The van der Waals surface area contributed by atoms with Crippen molar-refractivity contribution in [1.29, 1.82) is 0 Å². The Hall–Kier alpha value is -1.75. The second kappa shape index (κ2) is 6.26. The number of carbonyl (C=O) groups excluding carboxylic acids is 1. The van der Waals surface area contributed by atoms with Crippen LogP contribution >= 0.6 is 0 Å². The Morgan fingerprint density at radius 1 is 1.50 bits per heavy atom. The summed E-state index contributed by atoms with van der Waals surface area (Å²) >= 11 is 0. The van der Waals surface area contributed by atoms with Crippen molar-refractivity contribution in [1.82, 2.24) is 5.32 Å². The molecule has 98 valence electrons. The van der Waals surface area contributed by atoms with Crippen LogP contribution in [-0.2, 0) is 4.79 Å². The minimum absolute atomic E-state index is 0.170. The van der Waals surface area contributed by atoms with Gasteiger partial charge < -0.3 is 10.4 Å². The van der Waals surface area contributed by atoms with Crippen LogP contribution in [0.5, 0.6) is 0 Å². The predicted molar refractivity (Wildman–Crippen MR) is 64.7 cm³/mol. The second-order valence-electron chi connectivity index (χ2n) is 4.04. The average Bonchev–Trinajstić information content (AvgIpc) is 2.28. The van der Waals surface area contributed by atoms with Gasteiger partial charge in [-0.1, -0.05) is 0 Å². The normalized spacial score (nSPS) is 13.3. The third-order valence-corrected chi connectivity index (χ3v) is 2.37. The molecule has 0 aromatic heterocycles. The maximum Gasteiger partial charge on any atom is 0.244 e. The summed E-state index contributed by atoms with van der Waals surface area (Å²) in [6.45, 7) is 3.02. The van der Waals surface area contributed by atoms with E-state index in [4.69, 9.17) is 5.11 Å². The Morgan fingerprint density at radius 2 is 2.17 bits per heavy atom. The molecule has 0 heterocycles. The minimum atomic E-state index is -0.716. The van der Waals surface area contributed by atoms with Gasteiger partial charge in [-0.05, 0) is 31.6 Å². The fraction of sp³-hybridized carbons (Fsp3) is 0.308. The van der Waals surface area contributed by atoms with E-state index in [1.165, 1.54) is 12.1 Å². The molecular weight excluding hydrogens is 240 g/mol. The predicted octanol–water partition coefficient (Wildman–Crippen LogP) is 1.87. The van der Waals surface area contributed by atoms with Crippen LogP contribution < -0.4 is 5.32 Å². The number of carbonyl (C=O) groups is 1. The van der Waals surface area contributed by atoms with E-state index in [1.807, 2.05) is 0 Å². The maximum absolute atomic E-state index is 13.4. The number of hydrogen-bond acceptors (Lipinski definition) is 2. The maximum atomic E-state index is 13.4. The highest BCUT2D eigenvalue weighted by molar-refractivity contribution is 5.95. The van der Waals surface area contributed by atoms with E-state index in [0.29, 0.717) is 5.57 Å². The highest BCUT2D eigenvalue weighted by atomic mass is 19.1. The van der Waals surface area contributed by atoms with Crippen molar-refractivity contribution in [3.8, 4) is 0 Å². The highest BCUT2D eigenvalue weighted by Gasteiger charge is 2.08. The van der Waals surface area contributed by atoms with Crippen LogP contribution in [0.25, 0.3) is 5.57 Å². The lowest BCUT2D eigenvalue weighted by molar-refractivity contribution is -0.117.